The van der Waals surface area contributed by atoms with Crippen LogP contribution in [0.25, 0.3) is 0 Å². The van der Waals surface area contributed by atoms with Gasteiger partial charge in [-0.1, -0.05) is 0 Å². The van der Waals surface area contributed by atoms with E-state index in [-0.39, 0.29) is 12.5 Å². The second kappa shape index (κ2) is 5.30. The van der Waals surface area contributed by atoms with Crippen LogP contribution < -0.4 is 5.32 Å². The first-order valence-electron chi connectivity index (χ1n) is 5.68. The summed E-state index contributed by atoms with van der Waals surface area (Å²) < 4.78 is 5.03. The molecule has 4 nitrogen and oxygen atoms in total. The Balaban J connectivity index is 2.12. The van der Waals surface area contributed by atoms with E-state index in [1.165, 1.54) is 16.2 Å². The van der Waals surface area contributed by atoms with Gasteiger partial charge >= 0.3 is 0 Å². The van der Waals surface area contributed by atoms with Gasteiger partial charge < -0.3 is 10.1 Å². The van der Waals surface area contributed by atoms with E-state index >= 15 is 0 Å². The number of hydrogen-bond donors (Lipinski definition) is 1. The number of fused-ring (bicyclic) bond motifs is 1. The number of hydrogen-bond acceptors (Lipinski definition) is 4. The van der Waals surface area contributed by atoms with E-state index in [1.807, 2.05) is 6.92 Å². The molecule has 0 saturated heterocycles. The Bertz CT molecular complexity index is 474. The summed E-state index contributed by atoms with van der Waals surface area (Å²) in [6.07, 6.45) is 3.09. The topological polar surface area (TPSA) is 62.1 Å². The normalized spacial score (nSPS) is 13.2. The minimum Gasteiger partial charge on any atom is -0.372 e. The fraction of sp³-hybridized carbons (Fsp3) is 0.500. The van der Waals surface area contributed by atoms with Crippen molar-refractivity contribution in [1.29, 1.82) is 5.26 Å². The Morgan fingerprint density at radius 2 is 2.41 bits per heavy atom. The van der Waals surface area contributed by atoms with E-state index in [0.717, 1.165) is 24.8 Å². The number of anilines is 1. The lowest BCUT2D eigenvalue weighted by Crippen LogP contribution is -2.18. The molecule has 0 spiro atoms. The summed E-state index contributed by atoms with van der Waals surface area (Å²) in [5.74, 6) is -0.191. The van der Waals surface area contributed by atoms with Gasteiger partial charge in [-0.2, -0.15) is 5.26 Å². The maximum atomic E-state index is 11.5. The first-order chi connectivity index (χ1) is 8.26. The second-order valence-corrected chi connectivity index (χ2v) is 4.96. The number of nitrogens with zero attached hydrogens (tertiary/aromatic N) is 1. The number of aryl methyl sites for hydroxylation is 1. The molecule has 5 heteroatoms. The molecule has 0 aliphatic heterocycles. The number of amides is 1. The Hall–Kier alpha value is -1.38. The van der Waals surface area contributed by atoms with Gasteiger partial charge in [-0.15, -0.1) is 11.3 Å². The smallest absolute Gasteiger partial charge is 0.251 e. The lowest BCUT2D eigenvalue weighted by Gasteiger charge is -2.03. The molecule has 1 amide bonds. The molecule has 0 fully saturated rings. The number of ether oxygens (including phenoxy) is 1. The molecule has 1 aromatic heterocycles. The summed E-state index contributed by atoms with van der Waals surface area (Å²) in [5.41, 5.74) is 1.77. The van der Waals surface area contributed by atoms with Crippen LogP contribution in [0, 0.1) is 11.3 Å². The number of carbonyl (C=O) groups excluding carboxylic acids is 1. The summed E-state index contributed by atoms with van der Waals surface area (Å²) in [6.45, 7) is 2.40. The Morgan fingerprint density at radius 3 is 3.12 bits per heavy atom. The van der Waals surface area contributed by atoms with E-state index in [1.54, 1.807) is 0 Å². The quantitative estimate of drug-likeness (QED) is 0.890. The molecule has 1 aliphatic rings. The molecule has 1 aromatic rings. The Kier molecular flexibility index (Phi) is 3.77. The van der Waals surface area contributed by atoms with Crippen molar-refractivity contribution in [1.82, 2.24) is 0 Å². The maximum Gasteiger partial charge on any atom is 0.251 e. The summed E-state index contributed by atoms with van der Waals surface area (Å²) >= 11 is 1.52. The standard InChI is InChI=1S/C12H14N2O2S/c1-2-16-7-11(15)14-12-9(6-13)8-4-3-5-10(8)17-12/h2-5,7H2,1H3,(H,14,15). The van der Waals surface area contributed by atoms with Gasteiger partial charge in [-0.3, -0.25) is 4.79 Å². The van der Waals surface area contributed by atoms with Crippen molar-refractivity contribution in [2.75, 3.05) is 18.5 Å². The van der Waals surface area contributed by atoms with Gasteiger partial charge in [0, 0.05) is 11.5 Å². The molecular formula is C12H14N2O2S. The number of carbonyl (C=O) groups is 1. The lowest BCUT2D eigenvalue weighted by molar-refractivity contribution is -0.120. The molecule has 2 rings (SSSR count). The molecule has 0 aromatic carbocycles. The van der Waals surface area contributed by atoms with Gasteiger partial charge in [0.2, 0.25) is 0 Å². The molecule has 0 atom stereocenters. The third-order valence-electron chi connectivity index (χ3n) is 2.72. The van der Waals surface area contributed by atoms with Crippen molar-refractivity contribution < 1.29 is 9.53 Å². The summed E-state index contributed by atoms with van der Waals surface area (Å²) in [4.78, 5) is 12.8. The predicted octanol–water partition coefficient (Wildman–Crippen LogP) is 2.08. The largest absolute Gasteiger partial charge is 0.372 e. The lowest BCUT2D eigenvalue weighted by atomic mass is 10.1. The first-order valence-corrected chi connectivity index (χ1v) is 6.50. The van der Waals surface area contributed by atoms with Crippen LogP contribution in [0.15, 0.2) is 0 Å². The predicted molar refractivity (Wildman–Crippen MR) is 66.2 cm³/mol. The van der Waals surface area contributed by atoms with Crippen molar-refractivity contribution in [3.63, 3.8) is 0 Å². The highest BCUT2D eigenvalue weighted by Crippen LogP contribution is 2.38. The van der Waals surface area contributed by atoms with Crippen LogP contribution in [-0.4, -0.2) is 19.1 Å². The van der Waals surface area contributed by atoms with E-state index in [2.05, 4.69) is 11.4 Å². The van der Waals surface area contributed by atoms with E-state index in [4.69, 9.17) is 10.00 Å². The minimum absolute atomic E-state index is 0.0456. The third kappa shape index (κ3) is 2.48. The molecule has 90 valence electrons. The highest BCUT2D eigenvalue weighted by molar-refractivity contribution is 7.16. The van der Waals surface area contributed by atoms with Gasteiger partial charge in [0.15, 0.2) is 0 Å². The van der Waals surface area contributed by atoms with Crippen molar-refractivity contribution in [2.24, 2.45) is 0 Å². The molecular weight excluding hydrogens is 236 g/mol. The highest BCUT2D eigenvalue weighted by Gasteiger charge is 2.22. The Morgan fingerprint density at radius 1 is 1.59 bits per heavy atom. The maximum absolute atomic E-state index is 11.5. The number of thiophene rings is 1. The number of rotatable bonds is 4. The third-order valence-corrected chi connectivity index (χ3v) is 3.93. The van der Waals surface area contributed by atoms with Crippen molar-refractivity contribution in [3.8, 4) is 6.07 Å². The molecule has 0 bridgehead atoms. The van der Waals surface area contributed by atoms with Gasteiger partial charge in [0.1, 0.15) is 17.7 Å². The van der Waals surface area contributed by atoms with Crippen LogP contribution in [0.5, 0.6) is 0 Å². The SMILES string of the molecule is CCOCC(=O)Nc1sc2c(c1C#N)CCC2. The van der Waals surface area contributed by atoms with Gasteiger partial charge in [-0.25, -0.2) is 0 Å². The Labute approximate surface area is 104 Å². The monoisotopic (exact) mass is 250 g/mol. The molecule has 0 radical (unpaired) electrons. The number of nitrogens with one attached hydrogen (secondary N) is 1. The molecule has 1 heterocycles. The van der Waals surface area contributed by atoms with Crippen LogP contribution >= 0.6 is 11.3 Å². The zero-order valence-electron chi connectivity index (χ0n) is 9.71. The highest BCUT2D eigenvalue weighted by atomic mass is 32.1. The van der Waals surface area contributed by atoms with Gasteiger partial charge in [0.25, 0.3) is 5.91 Å². The zero-order chi connectivity index (χ0) is 12.3. The zero-order valence-corrected chi connectivity index (χ0v) is 10.5. The van der Waals surface area contributed by atoms with Gasteiger partial charge in [0.05, 0.1) is 5.56 Å². The van der Waals surface area contributed by atoms with Crippen molar-refractivity contribution in [2.45, 2.75) is 26.2 Å². The average Bonchev–Trinajstić information content (AvgIpc) is 2.86. The summed E-state index contributed by atoms with van der Waals surface area (Å²) in [7, 11) is 0. The molecule has 0 saturated carbocycles. The average molecular weight is 250 g/mol. The van der Waals surface area contributed by atoms with Crippen molar-refractivity contribution >= 4 is 22.2 Å². The second-order valence-electron chi connectivity index (χ2n) is 3.86. The van der Waals surface area contributed by atoms with Crippen LogP contribution in [-0.2, 0) is 22.4 Å². The van der Waals surface area contributed by atoms with Crippen LogP contribution in [0.2, 0.25) is 0 Å². The summed E-state index contributed by atoms with van der Waals surface area (Å²) in [5, 5.41) is 12.6. The van der Waals surface area contributed by atoms with E-state index < -0.39 is 0 Å². The van der Waals surface area contributed by atoms with Crippen molar-refractivity contribution in [3.05, 3.63) is 16.0 Å². The number of nitriles is 1. The fourth-order valence-electron chi connectivity index (χ4n) is 1.97. The molecule has 1 N–H and O–H groups in total. The van der Waals surface area contributed by atoms with E-state index in [0.29, 0.717) is 17.2 Å². The molecule has 0 unspecified atom stereocenters. The first kappa shape index (κ1) is 12.1. The molecule has 17 heavy (non-hydrogen) atoms. The van der Waals surface area contributed by atoms with Crippen LogP contribution in [0.1, 0.15) is 29.3 Å². The van der Waals surface area contributed by atoms with E-state index in [9.17, 15) is 4.79 Å². The van der Waals surface area contributed by atoms with Gasteiger partial charge in [-0.05, 0) is 31.7 Å². The van der Waals surface area contributed by atoms with Crippen LogP contribution in [0.4, 0.5) is 5.00 Å². The van der Waals surface area contributed by atoms with Crippen LogP contribution in [0.3, 0.4) is 0 Å². The minimum atomic E-state index is -0.191. The molecule has 1 aliphatic carbocycles. The fourth-order valence-corrected chi connectivity index (χ4v) is 3.22. The summed E-state index contributed by atoms with van der Waals surface area (Å²) in [6, 6.07) is 2.19.